The first-order chi connectivity index (χ1) is 9.08. The summed E-state index contributed by atoms with van der Waals surface area (Å²) in [6.07, 6.45) is 0. The molecule has 0 aliphatic rings. The van der Waals surface area contributed by atoms with Gasteiger partial charge in [-0.15, -0.1) is 0 Å². The van der Waals surface area contributed by atoms with E-state index in [2.05, 4.69) is 18.5 Å². The average Bonchev–Trinajstić information content (AvgIpc) is 2.40. The van der Waals surface area contributed by atoms with Crippen molar-refractivity contribution in [2.75, 3.05) is 0 Å². The molecule has 12 nitrogen and oxygen atoms in total. The summed E-state index contributed by atoms with van der Waals surface area (Å²) in [6, 6.07) is 0. The summed E-state index contributed by atoms with van der Waals surface area (Å²) >= 11 is 0. The molecule has 23 heavy (non-hydrogen) atoms. The molecule has 0 saturated heterocycles. The van der Waals surface area contributed by atoms with Crippen molar-refractivity contribution in [3.63, 3.8) is 0 Å². The third-order valence-corrected chi connectivity index (χ3v) is 0.756. The van der Waals surface area contributed by atoms with Crippen molar-refractivity contribution in [2.24, 2.45) is 0 Å². The number of rotatable bonds is 4. The van der Waals surface area contributed by atoms with Crippen LogP contribution < -0.4 is 67.6 Å². The van der Waals surface area contributed by atoms with E-state index in [0.29, 0.717) is 0 Å². The summed E-state index contributed by atoms with van der Waals surface area (Å²) < 4.78 is 84.5. The molecule has 0 saturated carbocycles. The third kappa shape index (κ3) is 130. The molecule has 0 fully saturated rings. The summed E-state index contributed by atoms with van der Waals surface area (Å²) in [4.78, 5) is 35.4. The van der Waals surface area contributed by atoms with E-state index < -0.39 is 36.7 Å². The molecule has 0 aliphatic heterocycles. The van der Waals surface area contributed by atoms with Crippen LogP contribution in [0, 0.1) is 0 Å². The molecule has 0 unspecified atom stereocenters. The van der Waals surface area contributed by atoms with Gasteiger partial charge in [-0.2, -0.15) is 0 Å². The van der Waals surface area contributed by atoms with E-state index in [9.17, 15) is 18.1 Å². The Morgan fingerprint density at radius 2 is 0.609 bits per heavy atom. The van der Waals surface area contributed by atoms with Gasteiger partial charge in [0.15, 0.2) is 0 Å². The first kappa shape index (κ1) is 43.7. The Balaban J connectivity index is -0.0000000284. The van der Waals surface area contributed by atoms with Crippen molar-refractivity contribution >= 4 is 59.7 Å². The molecule has 0 radical (unpaired) electrons. The second kappa shape index (κ2) is 38.2. The zero-order valence-electron chi connectivity index (χ0n) is 11.1. The molecule has 23 heteroatoms. The van der Waals surface area contributed by atoms with E-state index in [-0.39, 0.29) is 71.5 Å². The van der Waals surface area contributed by atoms with Gasteiger partial charge < -0.3 is 55.6 Å². The smallest absolute Gasteiger partial charge is 0.478 e. The van der Waals surface area contributed by atoms with E-state index in [4.69, 9.17) is 37.0 Å². The fourth-order valence-corrected chi connectivity index (χ4v) is 0. The van der Waals surface area contributed by atoms with Gasteiger partial charge in [0.2, 0.25) is 0 Å². The molecule has 0 spiro atoms. The molecule has 0 aromatic rings. The normalized spacial score (nSPS) is 5.74. The van der Waals surface area contributed by atoms with E-state index >= 15 is 0 Å². The van der Waals surface area contributed by atoms with Crippen LogP contribution >= 0.6 is 0 Å². The Kier molecular flexibility index (Phi) is 72.7. The van der Waals surface area contributed by atoms with Gasteiger partial charge in [0.05, 0.1) is 0 Å². The topological polar surface area (TPSA) is 197 Å². The van der Waals surface area contributed by atoms with Gasteiger partial charge in [-0.3, -0.25) is 0 Å². The minimum atomic E-state index is -3.54. The Hall–Kier alpha value is 0.551. The van der Waals surface area contributed by atoms with E-state index in [1.807, 2.05) is 0 Å². The van der Waals surface area contributed by atoms with Crippen LogP contribution in [0.15, 0.2) is 0 Å². The van der Waals surface area contributed by atoms with Gasteiger partial charge in [0.25, 0.3) is 0 Å². The Morgan fingerprint density at radius 1 is 0.565 bits per heavy atom. The molecule has 0 bridgehead atoms. The van der Waals surface area contributed by atoms with Crippen molar-refractivity contribution in [1.29, 1.82) is 0 Å². The first-order valence-electron chi connectivity index (χ1n) is 3.07. The standard InChI is InChI=1S/4FO3Si.Li.Mg.Na/c4*1-4-5(2)3;;;/q4*-1;+1;+2;+1. The summed E-state index contributed by atoms with van der Waals surface area (Å²) in [6.45, 7) is 0. The zero-order chi connectivity index (χ0) is 17.1. The van der Waals surface area contributed by atoms with Gasteiger partial charge in [0, 0.05) is 0 Å². The number of hydrogen-bond acceptors (Lipinski definition) is 12. The van der Waals surface area contributed by atoms with Crippen LogP contribution in [0.1, 0.15) is 0 Å². The molecule has 0 atom stereocenters. The molecular weight excluding hydrogens is 435 g/mol. The van der Waals surface area contributed by atoms with Gasteiger partial charge in [0.1, 0.15) is 0 Å². The van der Waals surface area contributed by atoms with Crippen molar-refractivity contribution in [3.8, 4) is 0 Å². The van der Waals surface area contributed by atoms with Crippen LogP contribution in [-0.2, 0) is 36.4 Å². The fourth-order valence-electron chi connectivity index (χ4n) is 0. The van der Waals surface area contributed by atoms with E-state index in [0.717, 1.165) is 0 Å². The quantitative estimate of drug-likeness (QED) is 0.299. The minimum absolute atomic E-state index is 0. The van der Waals surface area contributed by atoms with Crippen LogP contribution in [-0.4, -0.2) is 59.7 Å². The van der Waals surface area contributed by atoms with Crippen molar-refractivity contribution in [1.82, 2.24) is 0 Å². The second-order valence-electron chi connectivity index (χ2n) is 1.31. The van der Waals surface area contributed by atoms with Crippen molar-refractivity contribution < 1.29 is 122 Å². The zero-order valence-corrected chi connectivity index (χ0v) is 18.5. The summed E-state index contributed by atoms with van der Waals surface area (Å²) in [5.41, 5.74) is 0. The van der Waals surface area contributed by atoms with E-state index in [1.54, 1.807) is 0 Å². The van der Waals surface area contributed by atoms with Crippen LogP contribution in [0.3, 0.4) is 0 Å². The SMILES string of the molecule is O=[Si]([O-])OF.O=[Si]([O-])OF.O=[Si]([O-])OF.O=[Si]([O-])OF.[Li+].[Mg+2].[Na+]. The summed E-state index contributed by atoms with van der Waals surface area (Å²) in [5.74, 6) is 0. The largest absolute Gasteiger partial charge is 2.00 e. The predicted octanol–water partition coefficient (Wildman–Crippen LogP) is -11.7. The van der Waals surface area contributed by atoms with Gasteiger partial charge in [-0.05, 0) is 0 Å². The molecule has 0 rings (SSSR count). The molecule has 0 heterocycles. The Bertz CT molecular complexity index is 242. The summed E-state index contributed by atoms with van der Waals surface area (Å²) in [5, 5.41) is 0. The fraction of sp³-hybridized carbons (Fsp3) is 0. The molecule has 0 amide bonds. The predicted molar refractivity (Wildman–Crippen MR) is 40.3 cm³/mol. The Morgan fingerprint density at radius 3 is 0.609 bits per heavy atom. The maximum absolute atomic E-state index is 10.0. The van der Waals surface area contributed by atoms with Crippen LogP contribution in [0.5, 0.6) is 0 Å². The van der Waals surface area contributed by atoms with Gasteiger partial charge in [-0.25, -0.2) is 0 Å². The van der Waals surface area contributed by atoms with Gasteiger partial charge in [-0.1, -0.05) is 18.1 Å². The molecule has 0 aromatic carbocycles. The third-order valence-electron chi connectivity index (χ3n) is 0.252. The summed E-state index contributed by atoms with van der Waals surface area (Å²) in [7, 11) is -14.2. The van der Waals surface area contributed by atoms with Gasteiger partial charge >= 0.3 is 108 Å². The maximum atomic E-state index is 10.0. The monoisotopic (exact) mass is 434 g/mol. The minimum Gasteiger partial charge on any atom is -0.478 e. The average molecular weight is 435 g/mol. The maximum Gasteiger partial charge on any atom is 2.00 e. The number of halogens is 4. The van der Waals surface area contributed by atoms with Crippen LogP contribution in [0.2, 0.25) is 0 Å². The van der Waals surface area contributed by atoms with Crippen LogP contribution in [0.25, 0.3) is 0 Å². The van der Waals surface area contributed by atoms with Crippen molar-refractivity contribution in [2.45, 2.75) is 0 Å². The number of hydrogen-bond donors (Lipinski definition) is 0. The van der Waals surface area contributed by atoms with Crippen LogP contribution in [0.4, 0.5) is 18.1 Å². The van der Waals surface area contributed by atoms with Crippen molar-refractivity contribution in [3.05, 3.63) is 0 Å². The van der Waals surface area contributed by atoms with E-state index in [1.165, 1.54) is 0 Å². The molecule has 0 aromatic heterocycles. The molecule has 0 aliphatic carbocycles. The Labute approximate surface area is 180 Å². The molecule has 0 N–H and O–H groups in total. The first-order valence-corrected chi connectivity index (χ1v) is 7.97. The molecule has 120 valence electrons. The second-order valence-corrected chi connectivity index (χ2v) is 3.93. The molecular formula is F4LiMgNaO12Si4.